The number of fused-ring (bicyclic) bond motifs is 1. The van der Waals surface area contributed by atoms with Gasteiger partial charge in [0, 0.05) is 10.4 Å². The number of halogens is 1. The molecular formula is C19H21BrN2O3S. The zero-order chi connectivity index (χ0) is 18.8. The summed E-state index contributed by atoms with van der Waals surface area (Å²) in [6, 6.07) is 5.16. The maximum atomic E-state index is 12.7. The molecule has 2 aromatic rings. The molecule has 7 heteroatoms. The van der Waals surface area contributed by atoms with Gasteiger partial charge >= 0.3 is 0 Å². The minimum absolute atomic E-state index is 0.275. The van der Waals surface area contributed by atoms with Crippen molar-refractivity contribution in [3.8, 4) is 5.75 Å². The monoisotopic (exact) mass is 436 g/mol. The number of benzene rings is 1. The van der Waals surface area contributed by atoms with Crippen LogP contribution < -0.4 is 15.8 Å². The van der Waals surface area contributed by atoms with Crippen LogP contribution in [0.2, 0.25) is 0 Å². The molecule has 3 N–H and O–H groups in total. The van der Waals surface area contributed by atoms with Gasteiger partial charge in [0.2, 0.25) is 0 Å². The summed E-state index contributed by atoms with van der Waals surface area (Å²) in [7, 11) is 0. The number of thiophene rings is 1. The molecule has 0 spiro atoms. The summed E-state index contributed by atoms with van der Waals surface area (Å²) in [6.07, 6.45) is 2.78. The van der Waals surface area contributed by atoms with E-state index in [1.165, 1.54) is 11.3 Å². The molecule has 0 unspecified atom stereocenters. The minimum Gasteiger partial charge on any atom is -0.493 e. The Morgan fingerprint density at radius 1 is 1.42 bits per heavy atom. The highest BCUT2D eigenvalue weighted by molar-refractivity contribution is 9.10. The van der Waals surface area contributed by atoms with Crippen LogP contribution in [0.3, 0.4) is 0 Å². The molecule has 0 saturated heterocycles. The van der Waals surface area contributed by atoms with Gasteiger partial charge < -0.3 is 15.8 Å². The van der Waals surface area contributed by atoms with Crippen LogP contribution >= 0.6 is 27.3 Å². The first-order chi connectivity index (χ1) is 12.4. The number of ether oxygens (including phenoxy) is 1. The third-order valence-corrected chi connectivity index (χ3v) is 6.27. The smallest absolute Gasteiger partial charge is 0.256 e. The highest BCUT2D eigenvalue weighted by Gasteiger charge is 2.27. The molecule has 1 atom stereocenters. The van der Waals surface area contributed by atoms with Crippen molar-refractivity contribution in [2.45, 2.75) is 33.1 Å². The standard InChI is InChI=1S/C19H21BrN2O3S/c1-3-25-14-7-5-11(9-13(14)20)18(24)22-19-16(17(21)23)12-6-4-10(2)8-15(12)26-19/h5,7,9-10H,3-4,6,8H2,1-2H3,(H2,21,23)(H,22,24)/t10-/m0/s1. The lowest BCUT2D eigenvalue weighted by Crippen LogP contribution is -2.19. The van der Waals surface area contributed by atoms with Crippen molar-refractivity contribution in [3.05, 3.63) is 44.2 Å². The summed E-state index contributed by atoms with van der Waals surface area (Å²) in [4.78, 5) is 25.8. The number of carbonyl (C=O) groups excluding carboxylic acids is 2. The molecule has 0 saturated carbocycles. The Balaban J connectivity index is 1.88. The molecule has 1 aromatic heterocycles. The quantitative estimate of drug-likeness (QED) is 0.728. The topological polar surface area (TPSA) is 81.4 Å². The van der Waals surface area contributed by atoms with Gasteiger partial charge in [0.1, 0.15) is 10.8 Å². The van der Waals surface area contributed by atoms with E-state index in [1.807, 2.05) is 6.92 Å². The van der Waals surface area contributed by atoms with Crippen LogP contribution in [0, 0.1) is 5.92 Å². The van der Waals surface area contributed by atoms with Crippen molar-refractivity contribution >= 4 is 44.1 Å². The molecule has 2 amide bonds. The van der Waals surface area contributed by atoms with Gasteiger partial charge in [-0.2, -0.15) is 0 Å². The van der Waals surface area contributed by atoms with Gasteiger partial charge in [0.25, 0.3) is 11.8 Å². The summed E-state index contributed by atoms with van der Waals surface area (Å²) in [6.45, 7) is 4.64. The van der Waals surface area contributed by atoms with Gasteiger partial charge in [-0.25, -0.2) is 0 Å². The highest BCUT2D eigenvalue weighted by Crippen LogP contribution is 2.39. The minimum atomic E-state index is -0.486. The van der Waals surface area contributed by atoms with Crippen LogP contribution in [-0.2, 0) is 12.8 Å². The molecule has 3 rings (SSSR count). The fourth-order valence-corrected chi connectivity index (χ4v) is 5.09. The third-order valence-electron chi connectivity index (χ3n) is 4.48. The number of hydrogen-bond donors (Lipinski definition) is 2. The van der Waals surface area contributed by atoms with E-state index < -0.39 is 5.91 Å². The molecule has 138 valence electrons. The molecule has 26 heavy (non-hydrogen) atoms. The summed E-state index contributed by atoms with van der Waals surface area (Å²) in [5.41, 5.74) is 7.56. The Kier molecular flexibility index (Phi) is 5.67. The fraction of sp³-hybridized carbons (Fsp3) is 0.368. The van der Waals surface area contributed by atoms with E-state index in [-0.39, 0.29) is 5.91 Å². The Morgan fingerprint density at radius 2 is 2.19 bits per heavy atom. The molecule has 0 bridgehead atoms. The molecule has 0 radical (unpaired) electrons. The van der Waals surface area contributed by atoms with Crippen LogP contribution in [0.15, 0.2) is 22.7 Å². The lowest BCUT2D eigenvalue weighted by Gasteiger charge is -2.18. The lowest BCUT2D eigenvalue weighted by atomic mass is 9.88. The van der Waals surface area contributed by atoms with Crippen molar-refractivity contribution in [3.63, 3.8) is 0 Å². The SMILES string of the molecule is CCOc1ccc(C(=O)Nc2sc3c(c2C(N)=O)CC[C@H](C)C3)cc1Br. The van der Waals surface area contributed by atoms with Crippen LogP contribution in [0.1, 0.15) is 51.4 Å². The number of nitrogens with one attached hydrogen (secondary N) is 1. The number of anilines is 1. The number of primary amides is 1. The maximum Gasteiger partial charge on any atom is 0.256 e. The second-order valence-corrected chi connectivity index (χ2v) is 8.41. The van der Waals surface area contributed by atoms with E-state index in [0.717, 1.165) is 29.7 Å². The Hall–Kier alpha value is -1.86. The molecule has 1 heterocycles. The zero-order valence-corrected chi connectivity index (χ0v) is 17.1. The molecular weight excluding hydrogens is 416 g/mol. The highest BCUT2D eigenvalue weighted by atomic mass is 79.9. The number of hydrogen-bond acceptors (Lipinski definition) is 4. The predicted octanol–water partition coefficient (Wildman–Crippen LogP) is 4.39. The molecule has 1 aromatic carbocycles. The summed E-state index contributed by atoms with van der Waals surface area (Å²) in [5.74, 6) is 0.498. The van der Waals surface area contributed by atoms with Gasteiger partial charge in [-0.1, -0.05) is 6.92 Å². The first kappa shape index (κ1) is 18.9. The number of amides is 2. The lowest BCUT2D eigenvalue weighted by molar-refractivity contribution is 0.1000. The Labute approximate surface area is 165 Å². The second kappa shape index (κ2) is 7.80. The molecule has 0 fully saturated rings. The van der Waals surface area contributed by atoms with E-state index in [2.05, 4.69) is 28.2 Å². The van der Waals surface area contributed by atoms with Crippen molar-refractivity contribution < 1.29 is 14.3 Å². The number of nitrogens with two attached hydrogens (primary N) is 1. The summed E-state index contributed by atoms with van der Waals surface area (Å²) >= 11 is 4.88. The van der Waals surface area contributed by atoms with Gasteiger partial charge in [0.15, 0.2) is 0 Å². The van der Waals surface area contributed by atoms with Crippen molar-refractivity contribution in [2.24, 2.45) is 11.7 Å². The fourth-order valence-electron chi connectivity index (χ4n) is 3.19. The first-order valence-electron chi connectivity index (χ1n) is 8.58. The summed E-state index contributed by atoms with van der Waals surface area (Å²) < 4.78 is 6.18. The average molecular weight is 437 g/mol. The van der Waals surface area contributed by atoms with E-state index in [1.54, 1.807) is 18.2 Å². The van der Waals surface area contributed by atoms with Crippen LogP contribution in [0.4, 0.5) is 5.00 Å². The van der Waals surface area contributed by atoms with Crippen molar-refractivity contribution in [1.82, 2.24) is 0 Å². The largest absolute Gasteiger partial charge is 0.493 e. The number of rotatable bonds is 5. The van der Waals surface area contributed by atoms with Crippen molar-refractivity contribution in [2.75, 3.05) is 11.9 Å². The summed E-state index contributed by atoms with van der Waals surface area (Å²) in [5, 5.41) is 3.42. The van der Waals surface area contributed by atoms with Crippen molar-refractivity contribution in [1.29, 1.82) is 0 Å². The number of carbonyl (C=O) groups is 2. The van der Waals surface area contributed by atoms with Crippen LogP contribution in [-0.4, -0.2) is 18.4 Å². The molecule has 1 aliphatic rings. The predicted molar refractivity (Wildman–Crippen MR) is 107 cm³/mol. The first-order valence-corrected chi connectivity index (χ1v) is 10.2. The van der Waals surface area contributed by atoms with Crippen LogP contribution in [0.5, 0.6) is 5.75 Å². The third kappa shape index (κ3) is 3.78. The second-order valence-electron chi connectivity index (χ2n) is 6.45. The van der Waals surface area contributed by atoms with E-state index in [0.29, 0.717) is 38.9 Å². The Bertz CT molecular complexity index is 863. The molecule has 5 nitrogen and oxygen atoms in total. The normalized spacial score (nSPS) is 16.0. The zero-order valence-electron chi connectivity index (χ0n) is 14.7. The van der Waals surface area contributed by atoms with Crippen LogP contribution in [0.25, 0.3) is 0 Å². The van der Waals surface area contributed by atoms with E-state index in [4.69, 9.17) is 10.5 Å². The van der Waals surface area contributed by atoms with Gasteiger partial charge in [-0.3, -0.25) is 9.59 Å². The van der Waals surface area contributed by atoms with E-state index in [9.17, 15) is 9.59 Å². The molecule has 1 aliphatic carbocycles. The maximum absolute atomic E-state index is 12.7. The van der Waals surface area contributed by atoms with E-state index >= 15 is 0 Å². The molecule has 0 aliphatic heterocycles. The average Bonchev–Trinajstić information content (AvgIpc) is 2.93. The Morgan fingerprint density at radius 3 is 2.85 bits per heavy atom. The van der Waals surface area contributed by atoms with Gasteiger partial charge in [-0.05, 0) is 71.8 Å². The van der Waals surface area contributed by atoms with Gasteiger partial charge in [0.05, 0.1) is 16.6 Å². The van der Waals surface area contributed by atoms with Gasteiger partial charge in [-0.15, -0.1) is 11.3 Å².